The minimum atomic E-state index is -0.405. The van der Waals surface area contributed by atoms with E-state index in [-0.39, 0.29) is 0 Å². The van der Waals surface area contributed by atoms with Crippen LogP contribution in [0.15, 0.2) is 24.3 Å². The zero-order valence-corrected chi connectivity index (χ0v) is 10.4. The maximum absolute atomic E-state index is 10.9. The summed E-state index contributed by atoms with van der Waals surface area (Å²) >= 11 is 0. The molecule has 1 aromatic carbocycles. The topological polar surface area (TPSA) is 47.6 Å². The summed E-state index contributed by atoms with van der Waals surface area (Å²) in [6, 6.07) is 7.94. The van der Waals surface area contributed by atoms with E-state index < -0.39 is 6.09 Å². The smallest absolute Gasteiger partial charge is 0.407 e. The van der Waals surface area contributed by atoms with Gasteiger partial charge in [-0.1, -0.05) is 19.1 Å². The van der Waals surface area contributed by atoms with Crippen molar-refractivity contribution in [3.8, 4) is 5.75 Å². The molecule has 17 heavy (non-hydrogen) atoms. The zero-order chi connectivity index (χ0) is 12.5. The van der Waals surface area contributed by atoms with Gasteiger partial charge in [0, 0.05) is 0 Å². The zero-order valence-electron chi connectivity index (χ0n) is 10.4. The summed E-state index contributed by atoms with van der Waals surface area (Å²) < 4.78 is 10.2. The van der Waals surface area contributed by atoms with E-state index in [0.717, 1.165) is 12.2 Å². The second kappa shape index (κ2) is 7.54. The van der Waals surface area contributed by atoms with E-state index in [1.54, 1.807) is 6.92 Å². The number of rotatable bonds is 6. The SMILES string of the molecule is CCOC(=O)NCCOc1ccc(CC)cc1. The molecular weight excluding hydrogens is 218 g/mol. The number of nitrogens with one attached hydrogen (secondary N) is 1. The van der Waals surface area contributed by atoms with Crippen LogP contribution in [0.2, 0.25) is 0 Å². The van der Waals surface area contributed by atoms with Gasteiger partial charge in [0.25, 0.3) is 0 Å². The second-order valence-electron chi connectivity index (χ2n) is 3.49. The molecule has 0 radical (unpaired) electrons. The van der Waals surface area contributed by atoms with Gasteiger partial charge in [-0.15, -0.1) is 0 Å². The van der Waals surface area contributed by atoms with E-state index >= 15 is 0 Å². The van der Waals surface area contributed by atoms with Gasteiger partial charge in [0.15, 0.2) is 0 Å². The molecular formula is C13H19NO3. The quantitative estimate of drug-likeness (QED) is 0.773. The van der Waals surface area contributed by atoms with Gasteiger partial charge in [-0.3, -0.25) is 0 Å². The monoisotopic (exact) mass is 237 g/mol. The molecule has 0 aliphatic rings. The van der Waals surface area contributed by atoms with Crippen LogP contribution in [0.4, 0.5) is 4.79 Å². The lowest BCUT2D eigenvalue weighted by Gasteiger charge is -2.08. The van der Waals surface area contributed by atoms with Crippen LogP contribution in [0.1, 0.15) is 19.4 Å². The fourth-order valence-electron chi connectivity index (χ4n) is 1.33. The van der Waals surface area contributed by atoms with Gasteiger partial charge in [-0.2, -0.15) is 0 Å². The number of aryl methyl sites for hydroxylation is 1. The van der Waals surface area contributed by atoms with Crippen molar-refractivity contribution in [2.24, 2.45) is 0 Å². The number of hydrogen-bond donors (Lipinski definition) is 1. The van der Waals surface area contributed by atoms with Crippen LogP contribution < -0.4 is 10.1 Å². The normalized spacial score (nSPS) is 9.76. The molecule has 0 saturated carbocycles. The van der Waals surface area contributed by atoms with Crippen LogP contribution in [-0.2, 0) is 11.2 Å². The molecule has 0 heterocycles. The average molecular weight is 237 g/mol. The van der Waals surface area contributed by atoms with Crippen LogP contribution in [-0.4, -0.2) is 25.9 Å². The maximum atomic E-state index is 10.9. The number of carbonyl (C=O) groups excluding carboxylic acids is 1. The van der Waals surface area contributed by atoms with E-state index in [0.29, 0.717) is 19.8 Å². The fourth-order valence-corrected chi connectivity index (χ4v) is 1.33. The summed E-state index contributed by atoms with van der Waals surface area (Å²) in [6.45, 7) is 5.13. The molecule has 1 rings (SSSR count). The Morgan fingerprint density at radius 3 is 2.53 bits per heavy atom. The fraction of sp³-hybridized carbons (Fsp3) is 0.462. The number of ether oxygens (including phenoxy) is 2. The van der Waals surface area contributed by atoms with Gasteiger partial charge in [0.1, 0.15) is 12.4 Å². The predicted octanol–water partition coefficient (Wildman–Crippen LogP) is 2.37. The Kier molecular flexibility index (Phi) is 5.93. The lowest BCUT2D eigenvalue weighted by atomic mass is 10.2. The van der Waals surface area contributed by atoms with Crippen molar-refractivity contribution in [3.05, 3.63) is 29.8 Å². The summed E-state index contributed by atoms with van der Waals surface area (Å²) in [5.41, 5.74) is 1.28. The molecule has 0 fully saturated rings. The largest absolute Gasteiger partial charge is 0.492 e. The van der Waals surface area contributed by atoms with Gasteiger partial charge in [0.2, 0.25) is 0 Å². The van der Waals surface area contributed by atoms with Crippen LogP contribution in [0, 0.1) is 0 Å². The standard InChI is InChI=1S/C13H19NO3/c1-3-11-5-7-12(8-6-11)17-10-9-14-13(15)16-4-2/h5-8H,3-4,9-10H2,1-2H3,(H,14,15). The van der Waals surface area contributed by atoms with Gasteiger partial charge in [-0.25, -0.2) is 4.79 Å². The molecule has 4 heteroatoms. The molecule has 0 unspecified atom stereocenters. The Balaban J connectivity index is 2.19. The van der Waals surface area contributed by atoms with E-state index in [4.69, 9.17) is 9.47 Å². The van der Waals surface area contributed by atoms with Crippen LogP contribution in [0.25, 0.3) is 0 Å². The first-order valence-electron chi connectivity index (χ1n) is 5.88. The Morgan fingerprint density at radius 1 is 1.24 bits per heavy atom. The Bertz CT molecular complexity index is 335. The Morgan fingerprint density at radius 2 is 1.94 bits per heavy atom. The van der Waals surface area contributed by atoms with Crippen molar-refractivity contribution >= 4 is 6.09 Å². The highest BCUT2D eigenvalue weighted by Gasteiger charge is 1.99. The maximum Gasteiger partial charge on any atom is 0.407 e. The highest BCUT2D eigenvalue weighted by Crippen LogP contribution is 2.11. The van der Waals surface area contributed by atoms with Crippen molar-refractivity contribution in [1.29, 1.82) is 0 Å². The molecule has 1 aromatic rings. The van der Waals surface area contributed by atoms with E-state index in [1.807, 2.05) is 24.3 Å². The van der Waals surface area contributed by atoms with Crippen LogP contribution in [0.5, 0.6) is 5.75 Å². The van der Waals surface area contributed by atoms with Crippen LogP contribution in [0.3, 0.4) is 0 Å². The molecule has 0 saturated heterocycles. The van der Waals surface area contributed by atoms with Gasteiger partial charge >= 0.3 is 6.09 Å². The lowest BCUT2D eigenvalue weighted by molar-refractivity contribution is 0.150. The molecule has 1 amide bonds. The molecule has 0 aliphatic heterocycles. The van der Waals surface area contributed by atoms with Crippen molar-refractivity contribution in [2.75, 3.05) is 19.8 Å². The molecule has 0 aromatic heterocycles. The first-order chi connectivity index (χ1) is 8.26. The Labute approximate surface area is 102 Å². The molecule has 0 spiro atoms. The summed E-state index contributed by atoms with van der Waals surface area (Å²) in [6.07, 6.45) is 0.613. The van der Waals surface area contributed by atoms with Gasteiger partial charge < -0.3 is 14.8 Å². The first-order valence-corrected chi connectivity index (χ1v) is 5.88. The number of hydrogen-bond acceptors (Lipinski definition) is 3. The second-order valence-corrected chi connectivity index (χ2v) is 3.49. The summed E-state index contributed by atoms with van der Waals surface area (Å²) in [5.74, 6) is 0.813. The van der Waals surface area contributed by atoms with Gasteiger partial charge in [-0.05, 0) is 31.0 Å². The number of alkyl carbamates (subject to hydrolysis) is 1. The van der Waals surface area contributed by atoms with E-state index in [1.165, 1.54) is 5.56 Å². The molecule has 0 atom stereocenters. The minimum absolute atomic E-state index is 0.380. The summed E-state index contributed by atoms with van der Waals surface area (Å²) in [5, 5.41) is 2.59. The average Bonchev–Trinajstić information content (AvgIpc) is 2.36. The highest BCUT2D eigenvalue weighted by molar-refractivity contribution is 5.66. The highest BCUT2D eigenvalue weighted by atomic mass is 16.5. The number of amides is 1. The molecule has 1 N–H and O–H groups in total. The lowest BCUT2D eigenvalue weighted by Crippen LogP contribution is -2.28. The third-order valence-corrected chi connectivity index (χ3v) is 2.25. The third kappa shape index (κ3) is 5.24. The number of benzene rings is 1. The van der Waals surface area contributed by atoms with Gasteiger partial charge in [0.05, 0.1) is 13.2 Å². The summed E-state index contributed by atoms with van der Waals surface area (Å²) in [7, 11) is 0. The summed E-state index contributed by atoms with van der Waals surface area (Å²) in [4.78, 5) is 10.9. The van der Waals surface area contributed by atoms with Crippen molar-refractivity contribution < 1.29 is 14.3 Å². The van der Waals surface area contributed by atoms with Crippen LogP contribution >= 0.6 is 0 Å². The third-order valence-electron chi connectivity index (χ3n) is 2.25. The molecule has 4 nitrogen and oxygen atoms in total. The van der Waals surface area contributed by atoms with Crippen molar-refractivity contribution in [1.82, 2.24) is 5.32 Å². The predicted molar refractivity (Wildman–Crippen MR) is 66.3 cm³/mol. The molecule has 0 aliphatic carbocycles. The van der Waals surface area contributed by atoms with Crippen molar-refractivity contribution in [3.63, 3.8) is 0 Å². The molecule has 94 valence electrons. The number of carbonyl (C=O) groups is 1. The minimum Gasteiger partial charge on any atom is -0.492 e. The molecule has 0 bridgehead atoms. The van der Waals surface area contributed by atoms with E-state index in [9.17, 15) is 4.79 Å². The van der Waals surface area contributed by atoms with E-state index in [2.05, 4.69) is 12.2 Å². The Hall–Kier alpha value is -1.71. The first kappa shape index (κ1) is 13.4. The van der Waals surface area contributed by atoms with Crippen molar-refractivity contribution in [2.45, 2.75) is 20.3 Å².